The van der Waals surface area contributed by atoms with Crippen LogP contribution in [-0.2, 0) is 13.1 Å². The van der Waals surface area contributed by atoms with Gasteiger partial charge >= 0.3 is 0 Å². The molecular weight excluding hydrogens is 240 g/mol. The fraction of sp³-hybridized carbons (Fsp3) is 0.462. The third-order valence-corrected chi connectivity index (χ3v) is 2.94. The minimum atomic E-state index is 0.711. The normalized spacial score (nSPS) is 11.1. The average Bonchev–Trinajstić information content (AvgIpc) is 2.85. The van der Waals surface area contributed by atoms with Crippen molar-refractivity contribution >= 4 is 0 Å². The SMILES string of the molecule is CNCCN(C)Cc1nnnn1Cc1ccccc1. The van der Waals surface area contributed by atoms with Crippen LogP contribution < -0.4 is 5.32 Å². The van der Waals surface area contributed by atoms with Crippen LogP contribution in [0.4, 0.5) is 0 Å². The van der Waals surface area contributed by atoms with Crippen LogP contribution in [0.2, 0.25) is 0 Å². The largest absolute Gasteiger partial charge is 0.318 e. The van der Waals surface area contributed by atoms with Gasteiger partial charge in [0.1, 0.15) is 0 Å². The summed E-state index contributed by atoms with van der Waals surface area (Å²) in [7, 11) is 4.02. The molecule has 1 aromatic heterocycles. The van der Waals surface area contributed by atoms with Gasteiger partial charge in [0, 0.05) is 13.1 Å². The maximum atomic E-state index is 4.10. The molecule has 0 unspecified atom stereocenters. The van der Waals surface area contributed by atoms with Crippen LogP contribution in [0.15, 0.2) is 30.3 Å². The first-order chi connectivity index (χ1) is 9.29. The molecule has 0 radical (unpaired) electrons. The zero-order valence-electron chi connectivity index (χ0n) is 11.5. The quantitative estimate of drug-likeness (QED) is 0.779. The fourth-order valence-corrected chi connectivity index (χ4v) is 1.84. The molecule has 0 aliphatic rings. The third-order valence-electron chi connectivity index (χ3n) is 2.94. The van der Waals surface area contributed by atoms with Crippen molar-refractivity contribution in [2.24, 2.45) is 0 Å². The van der Waals surface area contributed by atoms with E-state index >= 15 is 0 Å². The van der Waals surface area contributed by atoms with Crippen molar-refractivity contribution in [3.8, 4) is 0 Å². The number of hydrogen-bond acceptors (Lipinski definition) is 5. The molecule has 0 saturated heterocycles. The minimum Gasteiger partial charge on any atom is -0.318 e. The summed E-state index contributed by atoms with van der Waals surface area (Å²) in [6.07, 6.45) is 0. The molecule has 6 nitrogen and oxygen atoms in total. The van der Waals surface area contributed by atoms with E-state index in [0.29, 0.717) is 6.54 Å². The summed E-state index contributed by atoms with van der Waals surface area (Å²) >= 11 is 0. The van der Waals surface area contributed by atoms with Crippen molar-refractivity contribution in [2.75, 3.05) is 27.2 Å². The van der Waals surface area contributed by atoms with E-state index in [1.54, 1.807) is 0 Å². The lowest BCUT2D eigenvalue weighted by molar-refractivity contribution is 0.313. The molecule has 0 fully saturated rings. The number of hydrogen-bond donors (Lipinski definition) is 1. The van der Waals surface area contributed by atoms with Gasteiger partial charge in [-0.2, -0.15) is 0 Å². The molecule has 0 bridgehead atoms. The first-order valence-electron chi connectivity index (χ1n) is 6.41. The Labute approximate surface area is 113 Å². The Morgan fingerprint density at radius 2 is 2.05 bits per heavy atom. The molecule has 102 valence electrons. The van der Waals surface area contributed by atoms with Crippen LogP contribution in [0.1, 0.15) is 11.4 Å². The van der Waals surface area contributed by atoms with Crippen LogP contribution in [-0.4, -0.2) is 52.3 Å². The molecule has 2 rings (SSSR count). The molecular formula is C13H20N6. The lowest BCUT2D eigenvalue weighted by Gasteiger charge is -2.15. The van der Waals surface area contributed by atoms with Gasteiger partial charge in [0.25, 0.3) is 0 Å². The second kappa shape index (κ2) is 6.96. The maximum Gasteiger partial charge on any atom is 0.165 e. The zero-order chi connectivity index (χ0) is 13.5. The standard InChI is InChI=1S/C13H20N6/c1-14-8-9-18(2)11-13-15-16-17-19(13)10-12-6-4-3-5-7-12/h3-7,14H,8-11H2,1-2H3. The van der Waals surface area contributed by atoms with Gasteiger partial charge < -0.3 is 5.32 Å². The van der Waals surface area contributed by atoms with E-state index in [4.69, 9.17) is 0 Å². The Kier molecular flexibility index (Phi) is 5.00. The third kappa shape index (κ3) is 4.11. The second-order valence-corrected chi connectivity index (χ2v) is 4.58. The lowest BCUT2D eigenvalue weighted by atomic mass is 10.2. The van der Waals surface area contributed by atoms with Crippen molar-refractivity contribution in [3.63, 3.8) is 0 Å². The maximum absolute atomic E-state index is 4.10. The molecule has 0 aliphatic heterocycles. The van der Waals surface area contributed by atoms with Crippen molar-refractivity contribution in [1.82, 2.24) is 30.4 Å². The molecule has 1 aromatic carbocycles. The zero-order valence-corrected chi connectivity index (χ0v) is 11.5. The number of rotatable bonds is 7. The molecule has 2 aromatic rings. The molecule has 0 spiro atoms. The van der Waals surface area contributed by atoms with Gasteiger partial charge in [-0.25, -0.2) is 4.68 Å². The molecule has 0 saturated carbocycles. The Hall–Kier alpha value is -1.79. The topological polar surface area (TPSA) is 58.9 Å². The first-order valence-corrected chi connectivity index (χ1v) is 6.41. The monoisotopic (exact) mass is 260 g/mol. The van der Waals surface area contributed by atoms with Gasteiger partial charge in [-0.05, 0) is 30.1 Å². The Morgan fingerprint density at radius 3 is 2.79 bits per heavy atom. The van der Waals surface area contributed by atoms with E-state index in [9.17, 15) is 0 Å². The molecule has 0 amide bonds. The van der Waals surface area contributed by atoms with Crippen molar-refractivity contribution in [1.29, 1.82) is 0 Å². The van der Waals surface area contributed by atoms with Crippen molar-refractivity contribution < 1.29 is 0 Å². The highest BCUT2D eigenvalue weighted by molar-refractivity contribution is 5.14. The predicted molar refractivity (Wildman–Crippen MR) is 73.6 cm³/mol. The summed E-state index contributed by atoms with van der Waals surface area (Å²) in [5.74, 6) is 0.891. The molecule has 0 atom stereocenters. The van der Waals surface area contributed by atoms with Gasteiger partial charge in [0.15, 0.2) is 5.82 Å². The van der Waals surface area contributed by atoms with Crippen LogP contribution in [0.5, 0.6) is 0 Å². The van der Waals surface area contributed by atoms with E-state index in [1.807, 2.05) is 29.9 Å². The van der Waals surface area contributed by atoms with E-state index in [0.717, 1.165) is 25.5 Å². The highest BCUT2D eigenvalue weighted by atomic mass is 15.5. The summed E-state index contributed by atoms with van der Waals surface area (Å²) in [4.78, 5) is 2.20. The van der Waals surface area contributed by atoms with E-state index in [1.165, 1.54) is 5.56 Å². The molecule has 1 heterocycles. The second-order valence-electron chi connectivity index (χ2n) is 4.58. The van der Waals surface area contributed by atoms with Gasteiger partial charge in [0.05, 0.1) is 13.1 Å². The van der Waals surface area contributed by atoms with Crippen LogP contribution in [0.3, 0.4) is 0 Å². The van der Waals surface area contributed by atoms with Crippen molar-refractivity contribution in [3.05, 3.63) is 41.7 Å². The highest BCUT2D eigenvalue weighted by Gasteiger charge is 2.09. The van der Waals surface area contributed by atoms with Crippen LogP contribution in [0.25, 0.3) is 0 Å². The number of benzene rings is 1. The predicted octanol–water partition coefficient (Wildman–Crippen LogP) is 0.373. The molecule has 0 aliphatic carbocycles. The lowest BCUT2D eigenvalue weighted by Crippen LogP contribution is -2.28. The number of nitrogens with one attached hydrogen (secondary N) is 1. The average molecular weight is 260 g/mol. The van der Waals surface area contributed by atoms with E-state index in [2.05, 4.69) is 44.9 Å². The smallest absolute Gasteiger partial charge is 0.165 e. The minimum absolute atomic E-state index is 0.711. The Morgan fingerprint density at radius 1 is 1.26 bits per heavy atom. The first kappa shape index (κ1) is 13.6. The van der Waals surface area contributed by atoms with Crippen molar-refractivity contribution in [2.45, 2.75) is 13.1 Å². The molecule has 1 N–H and O–H groups in total. The summed E-state index contributed by atoms with van der Waals surface area (Å²) in [5, 5.41) is 15.1. The Bertz CT molecular complexity index is 481. The highest BCUT2D eigenvalue weighted by Crippen LogP contribution is 2.04. The van der Waals surface area contributed by atoms with E-state index < -0.39 is 0 Å². The van der Waals surface area contributed by atoms with Crippen LogP contribution in [0, 0.1) is 0 Å². The summed E-state index contributed by atoms with van der Waals surface area (Å²) in [5.41, 5.74) is 1.20. The summed E-state index contributed by atoms with van der Waals surface area (Å²) < 4.78 is 1.85. The Balaban J connectivity index is 1.98. The van der Waals surface area contributed by atoms with Crippen LogP contribution >= 0.6 is 0 Å². The van der Waals surface area contributed by atoms with Gasteiger partial charge in [-0.1, -0.05) is 30.3 Å². The number of tetrazole rings is 1. The number of nitrogens with zero attached hydrogens (tertiary/aromatic N) is 5. The fourth-order valence-electron chi connectivity index (χ4n) is 1.84. The summed E-state index contributed by atoms with van der Waals surface area (Å²) in [6, 6.07) is 10.2. The van der Waals surface area contributed by atoms with E-state index in [-0.39, 0.29) is 0 Å². The molecule has 6 heteroatoms. The van der Waals surface area contributed by atoms with Gasteiger partial charge in [0.2, 0.25) is 0 Å². The van der Waals surface area contributed by atoms with Gasteiger partial charge in [-0.15, -0.1) is 5.10 Å². The number of likely N-dealkylation sites (N-methyl/N-ethyl adjacent to an activating group) is 2. The van der Waals surface area contributed by atoms with Gasteiger partial charge in [-0.3, -0.25) is 4.90 Å². The summed E-state index contributed by atoms with van der Waals surface area (Å²) in [6.45, 7) is 3.38. The number of aromatic nitrogens is 4. The molecule has 19 heavy (non-hydrogen) atoms.